The Labute approximate surface area is 107 Å². The fourth-order valence-electron chi connectivity index (χ4n) is 3.75. The van der Waals surface area contributed by atoms with Crippen LogP contribution in [0, 0.1) is 17.8 Å². The molecule has 2 aliphatic heterocycles. The summed E-state index contributed by atoms with van der Waals surface area (Å²) in [6.07, 6.45) is 1.36. The molecule has 2 fully saturated rings. The molecule has 0 N–H and O–H groups in total. The van der Waals surface area contributed by atoms with E-state index in [1.54, 1.807) is 0 Å². The van der Waals surface area contributed by atoms with Crippen molar-refractivity contribution in [3.05, 3.63) is 0 Å². The standard InChI is InChI=1S/C15H30N2/c1-6-13-7-16(11(2)3)8-14-9-17(12(4)5)10-15(13)14/h11-15H,6-10H2,1-5H3/t13-,14?,15+/m1/s1. The summed E-state index contributed by atoms with van der Waals surface area (Å²) in [5.41, 5.74) is 0. The van der Waals surface area contributed by atoms with Gasteiger partial charge in [0.2, 0.25) is 0 Å². The summed E-state index contributed by atoms with van der Waals surface area (Å²) < 4.78 is 0. The largest absolute Gasteiger partial charge is 0.300 e. The highest BCUT2D eigenvalue weighted by molar-refractivity contribution is 4.95. The molecule has 0 bridgehead atoms. The van der Waals surface area contributed by atoms with Crippen LogP contribution in [0.3, 0.4) is 0 Å². The van der Waals surface area contributed by atoms with Gasteiger partial charge in [0.15, 0.2) is 0 Å². The molecule has 100 valence electrons. The third-order valence-electron chi connectivity index (χ3n) is 5.05. The lowest BCUT2D eigenvalue weighted by Gasteiger charge is -2.42. The van der Waals surface area contributed by atoms with Crippen molar-refractivity contribution in [2.45, 2.75) is 53.1 Å². The lowest BCUT2D eigenvalue weighted by Crippen LogP contribution is -2.48. The quantitative estimate of drug-likeness (QED) is 0.746. The predicted octanol–water partition coefficient (Wildman–Crippen LogP) is 2.69. The summed E-state index contributed by atoms with van der Waals surface area (Å²) in [4.78, 5) is 5.40. The molecule has 2 rings (SSSR count). The smallest absolute Gasteiger partial charge is 0.00388 e. The maximum absolute atomic E-state index is 2.71. The lowest BCUT2D eigenvalue weighted by atomic mass is 9.78. The Morgan fingerprint density at radius 2 is 1.41 bits per heavy atom. The van der Waals surface area contributed by atoms with Crippen molar-refractivity contribution in [2.75, 3.05) is 26.2 Å². The first-order chi connectivity index (χ1) is 8.02. The number of likely N-dealkylation sites (tertiary alicyclic amines) is 2. The summed E-state index contributed by atoms with van der Waals surface area (Å²) in [7, 11) is 0. The Balaban J connectivity index is 2.05. The van der Waals surface area contributed by atoms with E-state index in [4.69, 9.17) is 0 Å². The predicted molar refractivity (Wildman–Crippen MR) is 74.2 cm³/mol. The minimum Gasteiger partial charge on any atom is -0.300 e. The third kappa shape index (κ3) is 2.68. The molecule has 1 unspecified atom stereocenters. The fourth-order valence-corrected chi connectivity index (χ4v) is 3.75. The van der Waals surface area contributed by atoms with Crippen LogP contribution in [-0.4, -0.2) is 48.1 Å². The van der Waals surface area contributed by atoms with Gasteiger partial charge in [0.25, 0.3) is 0 Å². The Bertz CT molecular complexity index is 249. The van der Waals surface area contributed by atoms with Gasteiger partial charge in [-0.2, -0.15) is 0 Å². The minimum absolute atomic E-state index is 0.720. The molecule has 0 spiro atoms. The Morgan fingerprint density at radius 3 is 1.88 bits per heavy atom. The summed E-state index contributed by atoms with van der Waals surface area (Å²) in [6, 6.07) is 1.45. The van der Waals surface area contributed by atoms with Gasteiger partial charge in [0.1, 0.15) is 0 Å². The SMILES string of the molecule is CC[C@@H]1CN(C(C)C)CC2CN(C(C)C)C[C@H]21. The maximum atomic E-state index is 2.71. The lowest BCUT2D eigenvalue weighted by molar-refractivity contribution is 0.0644. The second-order valence-corrected chi connectivity index (χ2v) is 6.69. The fraction of sp³-hybridized carbons (Fsp3) is 1.00. The van der Waals surface area contributed by atoms with E-state index in [0.717, 1.165) is 29.8 Å². The van der Waals surface area contributed by atoms with Crippen molar-refractivity contribution in [3.8, 4) is 0 Å². The van der Waals surface area contributed by atoms with Crippen molar-refractivity contribution in [1.82, 2.24) is 9.80 Å². The molecular weight excluding hydrogens is 208 g/mol. The number of fused-ring (bicyclic) bond motifs is 1. The molecule has 0 radical (unpaired) electrons. The monoisotopic (exact) mass is 238 g/mol. The van der Waals surface area contributed by atoms with Crippen LogP contribution in [0.2, 0.25) is 0 Å². The Kier molecular flexibility index (Phi) is 4.14. The summed E-state index contributed by atoms with van der Waals surface area (Å²) in [6.45, 7) is 17.1. The zero-order valence-electron chi connectivity index (χ0n) is 12.3. The highest BCUT2D eigenvalue weighted by atomic mass is 15.2. The number of nitrogens with zero attached hydrogens (tertiary/aromatic N) is 2. The Hall–Kier alpha value is -0.0800. The van der Waals surface area contributed by atoms with Gasteiger partial charge >= 0.3 is 0 Å². The minimum atomic E-state index is 0.720. The van der Waals surface area contributed by atoms with E-state index in [1.165, 1.54) is 32.6 Å². The van der Waals surface area contributed by atoms with Gasteiger partial charge in [0.05, 0.1) is 0 Å². The van der Waals surface area contributed by atoms with E-state index in [0.29, 0.717) is 0 Å². The zero-order chi connectivity index (χ0) is 12.6. The van der Waals surface area contributed by atoms with Crippen LogP contribution < -0.4 is 0 Å². The van der Waals surface area contributed by atoms with Crippen molar-refractivity contribution in [3.63, 3.8) is 0 Å². The van der Waals surface area contributed by atoms with Crippen LogP contribution in [0.15, 0.2) is 0 Å². The van der Waals surface area contributed by atoms with Crippen molar-refractivity contribution in [2.24, 2.45) is 17.8 Å². The third-order valence-corrected chi connectivity index (χ3v) is 5.05. The molecule has 2 nitrogen and oxygen atoms in total. The molecule has 17 heavy (non-hydrogen) atoms. The number of hydrogen-bond donors (Lipinski definition) is 0. The number of hydrogen-bond acceptors (Lipinski definition) is 2. The van der Waals surface area contributed by atoms with E-state index in [-0.39, 0.29) is 0 Å². The van der Waals surface area contributed by atoms with Gasteiger partial charge < -0.3 is 9.80 Å². The zero-order valence-corrected chi connectivity index (χ0v) is 12.3. The molecule has 3 atom stereocenters. The summed E-state index contributed by atoms with van der Waals surface area (Å²) in [5, 5.41) is 0. The molecule has 0 saturated carbocycles. The molecule has 0 amide bonds. The molecule has 0 aromatic heterocycles. The maximum Gasteiger partial charge on any atom is 0.00388 e. The number of piperidine rings is 1. The van der Waals surface area contributed by atoms with E-state index in [1.807, 2.05) is 0 Å². The van der Waals surface area contributed by atoms with Crippen LogP contribution in [0.25, 0.3) is 0 Å². The molecule has 2 heteroatoms. The van der Waals surface area contributed by atoms with Gasteiger partial charge in [0, 0.05) is 38.3 Å². The first-order valence-corrected chi connectivity index (χ1v) is 7.51. The van der Waals surface area contributed by atoms with E-state index < -0.39 is 0 Å². The Morgan fingerprint density at radius 1 is 0.882 bits per heavy atom. The average Bonchev–Trinajstić information content (AvgIpc) is 2.71. The van der Waals surface area contributed by atoms with Crippen LogP contribution in [0.1, 0.15) is 41.0 Å². The first kappa shape index (κ1) is 13.4. The van der Waals surface area contributed by atoms with Crippen LogP contribution in [0.5, 0.6) is 0 Å². The summed E-state index contributed by atoms with van der Waals surface area (Å²) in [5.74, 6) is 2.83. The van der Waals surface area contributed by atoms with Gasteiger partial charge in [-0.25, -0.2) is 0 Å². The second-order valence-electron chi connectivity index (χ2n) is 6.69. The normalized spacial score (nSPS) is 35.8. The molecule has 0 aromatic rings. The average molecular weight is 238 g/mol. The molecule has 2 aliphatic rings. The van der Waals surface area contributed by atoms with Gasteiger partial charge in [-0.3, -0.25) is 0 Å². The van der Waals surface area contributed by atoms with Crippen molar-refractivity contribution in [1.29, 1.82) is 0 Å². The van der Waals surface area contributed by atoms with Crippen molar-refractivity contribution < 1.29 is 0 Å². The highest BCUT2D eigenvalue weighted by Gasteiger charge is 2.42. The van der Waals surface area contributed by atoms with E-state index >= 15 is 0 Å². The molecule has 0 aliphatic carbocycles. The molecule has 2 heterocycles. The number of rotatable bonds is 3. The van der Waals surface area contributed by atoms with Gasteiger partial charge in [-0.15, -0.1) is 0 Å². The molecule has 2 saturated heterocycles. The highest BCUT2D eigenvalue weighted by Crippen LogP contribution is 2.37. The first-order valence-electron chi connectivity index (χ1n) is 7.51. The van der Waals surface area contributed by atoms with E-state index in [9.17, 15) is 0 Å². The molecular formula is C15H30N2. The van der Waals surface area contributed by atoms with Gasteiger partial charge in [-0.1, -0.05) is 13.3 Å². The van der Waals surface area contributed by atoms with Crippen molar-refractivity contribution >= 4 is 0 Å². The van der Waals surface area contributed by atoms with Crippen LogP contribution in [0.4, 0.5) is 0 Å². The second kappa shape index (κ2) is 5.27. The molecule has 0 aromatic carbocycles. The topological polar surface area (TPSA) is 6.48 Å². The van der Waals surface area contributed by atoms with E-state index in [2.05, 4.69) is 44.4 Å². The van der Waals surface area contributed by atoms with Crippen LogP contribution in [-0.2, 0) is 0 Å². The van der Waals surface area contributed by atoms with Crippen LogP contribution >= 0.6 is 0 Å². The summed E-state index contributed by atoms with van der Waals surface area (Å²) >= 11 is 0. The van der Waals surface area contributed by atoms with Gasteiger partial charge in [-0.05, 0) is 45.4 Å².